The molecule has 1 aliphatic rings. The van der Waals surface area contributed by atoms with E-state index in [2.05, 4.69) is 0 Å². The zero-order valence-corrected chi connectivity index (χ0v) is 12.9. The third kappa shape index (κ3) is 2.86. The van der Waals surface area contributed by atoms with Crippen LogP contribution in [0.1, 0.15) is 36.7 Å². The first-order valence-electron chi connectivity index (χ1n) is 7.14. The van der Waals surface area contributed by atoms with Crippen molar-refractivity contribution in [2.45, 2.75) is 33.4 Å². The van der Waals surface area contributed by atoms with Crippen LogP contribution in [0.15, 0.2) is 18.2 Å². The lowest BCUT2D eigenvalue weighted by Crippen LogP contribution is -2.45. The quantitative estimate of drug-likeness (QED) is 0.781. The normalized spacial score (nSPS) is 15.1. The van der Waals surface area contributed by atoms with E-state index >= 15 is 0 Å². The Morgan fingerprint density at radius 1 is 1.38 bits per heavy atom. The SMILES string of the molecule is CCOC(=O)C(C(C)C)N1Cc2ccc(OC)cc2C1=O. The summed E-state index contributed by atoms with van der Waals surface area (Å²) in [7, 11) is 1.56. The fraction of sp³-hybridized carbons (Fsp3) is 0.500. The van der Waals surface area contributed by atoms with Gasteiger partial charge in [-0.3, -0.25) is 4.79 Å². The van der Waals surface area contributed by atoms with E-state index in [0.717, 1.165) is 5.56 Å². The van der Waals surface area contributed by atoms with Crippen molar-refractivity contribution in [1.82, 2.24) is 4.90 Å². The van der Waals surface area contributed by atoms with Gasteiger partial charge in [-0.05, 0) is 30.5 Å². The highest BCUT2D eigenvalue weighted by molar-refractivity contribution is 6.01. The maximum atomic E-state index is 12.6. The molecule has 0 bridgehead atoms. The number of benzene rings is 1. The van der Waals surface area contributed by atoms with Crippen molar-refractivity contribution in [2.24, 2.45) is 5.92 Å². The molecule has 0 aliphatic carbocycles. The Bertz CT molecular complexity index is 553. The summed E-state index contributed by atoms with van der Waals surface area (Å²) in [6.45, 7) is 6.34. The van der Waals surface area contributed by atoms with Crippen LogP contribution < -0.4 is 4.74 Å². The lowest BCUT2D eigenvalue weighted by atomic mass is 10.0. The number of fused-ring (bicyclic) bond motifs is 1. The molecular weight excluding hydrogens is 270 g/mol. The highest BCUT2D eigenvalue weighted by Gasteiger charge is 2.39. The molecule has 1 amide bonds. The number of carbonyl (C=O) groups is 2. The van der Waals surface area contributed by atoms with Crippen molar-refractivity contribution in [3.63, 3.8) is 0 Å². The Hall–Kier alpha value is -2.04. The van der Waals surface area contributed by atoms with Crippen LogP contribution in [-0.4, -0.2) is 36.5 Å². The van der Waals surface area contributed by atoms with E-state index in [-0.39, 0.29) is 17.8 Å². The van der Waals surface area contributed by atoms with Gasteiger partial charge in [0.15, 0.2) is 0 Å². The van der Waals surface area contributed by atoms with Crippen LogP contribution in [0.5, 0.6) is 5.75 Å². The molecule has 1 atom stereocenters. The number of ether oxygens (including phenoxy) is 2. The molecule has 1 aromatic carbocycles. The van der Waals surface area contributed by atoms with Gasteiger partial charge in [0.2, 0.25) is 0 Å². The molecule has 1 aliphatic heterocycles. The van der Waals surface area contributed by atoms with Gasteiger partial charge in [-0.15, -0.1) is 0 Å². The number of amides is 1. The smallest absolute Gasteiger partial charge is 0.329 e. The Morgan fingerprint density at radius 3 is 2.67 bits per heavy atom. The molecule has 0 spiro atoms. The molecule has 0 fully saturated rings. The molecule has 1 aromatic rings. The second kappa shape index (κ2) is 6.16. The highest BCUT2D eigenvalue weighted by atomic mass is 16.5. The fourth-order valence-corrected chi connectivity index (χ4v) is 2.64. The number of hydrogen-bond donors (Lipinski definition) is 0. The van der Waals surface area contributed by atoms with Crippen LogP contribution in [0.4, 0.5) is 0 Å². The number of nitrogens with zero attached hydrogens (tertiary/aromatic N) is 1. The molecule has 0 saturated carbocycles. The van der Waals surface area contributed by atoms with E-state index < -0.39 is 6.04 Å². The minimum Gasteiger partial charge on any atom is -0.497 e. The van der Waals surface area contributed by atoms with Crippen LogP contribution in [-0.2, 0) is 16.1 Å². The molecule has 0 saturated heterocycles. The number of rotatable bonds is 5. The molecule has 0 N–H and O–H groups in total. The second-order valence-electron chi connectivity index (χ2n) is 5.40. The third-order valence-electron chi connectivity index (χ3n) is 3.64. The topological polar surface area (TPSA) is 55.8 Å². The zero-order chi connectivity index (χ0) is 15.6. The predicted octanol–water partition coefficient (Wildman–Crippen LogP) is 2.24. The Balaban J connectivity index is 2.30. The molecule has 2 rings (SSSR count). The minimum atomic E-state index is -0.559. The zero-order valence-electron chi connectivity index (χ0n) is 12.9. The maximum Gasteiger partial charge on any atom is 0.329 e. The van der Waals surface area contributed by atoms with Gasteiger partial charge in [0.05, 0.1) is 13.7 Å². The summed E-state index contributed by atoms with van der Waals surface area (Å²) < 4.78 is 10.3. The highest BCUT2D eigenvalue weighted by Crippen LogP contribution is 2.30. The molecule has 21 heavy (non-hydrogen) atoms. The molecular formula is C16H21NO4. The average Bonchev–Trinajstić information content (AvgIpc) is 2.76. The molecule has 5 nitrogen and oxygen atoms in total. The Labute approximate surface area is 124 Å². The summed E-state index contributed by atoms with van der Waals surface area (Å²) in [5, 5.41) is 0. The van der Waals surface area contributed by atoms with Crippen LogP contribution in [0, 0.1) is 5.92 Å². The number of esters is 1. The molecule has 0 aromatic heterocycles. The van der Waals surface area contributed by atoms with Gasteiger partial charge < -0.3 is 14.4 Å². The van der Waals surface area contributed by atoms with Gasteiger partial charge in [-0.1, -0.05) is 19.9 Å². The first-order chi connectivity index (χ1) is 9.99. The van der Waals surface area contributed by atoms with Crippen molar-refractivity contribution in [3.05, 3.63) is 29.3 Å². The molecule has 1 heterocycles. The minimum absolute atomic E-state index is 0.00999. The summed E-state index contributed by atoms with van der Waals surface area (Å²) in [6.07, 6.45) is 0. The van der Waals surface area contributed by atoms with E-state index in [4.69, 9.17) is 9.47 Å². The Morgan fingerprint density at radius 2 is 2.10 bits per heavy atom. The molecule has 0 radical (unpaired) electrons. The second-order valence-corrected chi connectivity index (χ2v) is 5.40. The van der Waals surface area contributed by atoms with Crippen molar-refractivity contribution in [1.29, 1.82) is 0 Å². The molecule has 1 unspecified atom stereocenters. The predicted molar refractivity (Wildman–Crippen MR) is 78.1 cm³/mol. The summed E-state index contributed by atoms with van der Waals surface area (Å²) in [5.41, 5.74) is 1.51. The van der Waals surface area contributed by atoms with Gasteiger partial charge in [-0.2, -0.15) is 0 Å². The lowest BCUT2D eigenvalue weighted by Gasteiger charge is -2.28. The molecule has 114 valence electrons. The van der Waals surface area contributed by atoms with Crippen LogP contribution in [0.25, 0.3) is 0 Å². The van der Waals surface area contributed by atoms with Gasteiger partial charge in [0.25, 0.3) is 5.91 Å². The number of methoxy groups -OCH3 is 1. The fourth-order valence-electron chi connectivity index (χ4n) is 2.64. The average molecular weight is 291 g/mol. The van der Waals surface area contributed by atoms with E-state index in [1.807, 2.05) is 26.0 Å². The van der Waals surface area contributed by atoms with Gasteiger partial charge in [-0.25, -0.2) is 4.79 Å². The van der Waals surface area contributed by atoms with Gasteiger partial charge in [0.1, 0.15) is 11.8 Å². The monoisotopic (exact) mass is 291 g/mol. The van der Waals surface area contributed by atoms with E-state index in [1.54, 1.807) is 25.0 Å². The van der Waals surface area contributed by atoms with Crippen molar-refractivity contribution in [2.75, 3.05) is 13.7 Å². The largest absolute Gasteiger partial charge is 0.497 e. The van der Waals surface area contributed by atoms with E-state index in [1.165, 1.54) is 0 Å². The van der Waals surface area contributed by atoms with Gasteiger partial charge >= 0.3 is 5.97 Å². The third-order valence-corrected chi connectivity index (χ3v) is 3.64. The van der Waals surface area contributed by atoms with Crippen molar-refractivity contribution < 1.29 is 19.1 Å². The lowest BCUT2D eigenvalue weighted by molar-refractivity contribution is -0.150. The Kier molecular flexibility index (Phi) is 4.50. The van der Waals surface area contributed by atoms with Crippen LogP contribution in [0.2, 0.25) is 0 Å². The summed E-state index contributed by atoms with van der Waals surface area (Å²) in [4.78, 5) is 26.3. The number of hydrogen-bond acceptors (Lipinski definition) is 4. The van der Waals surface area contributed by atoms with Crippen LogP contribution in [0.3, 0.4) is 0 Å². The van der Waals surface area contributed by atoms with Crippen molar-refractivity contribution >= 4 is 11.9 Å². The number of carbonyl (C=O) groups excluding carboxylic acids is 2. The maximum absolute atomic E-state index is 12.6. The van der Waals surface area contributed by atoms with Crippen molar-refractivity contribution in [3.8, 4) is 5.75 Å². The first-order valence-corrected chi connectivity index (χ1v) is 7.14. The van der Waals surface area contributed by atoms with Gasteiger partial charge in [0, 0.05) is 12.1 Å². The summed E-state index contributed by atoms with van der Waals surface area (Å²) >= 11 is 0. The summed E-state index contributed by atoms with van der Waals surface area (Å²) in [5.74, 6) is 0.140. The van der Waals surface area contributed by atoms with Crippen LogP contribution >= 0.6 is 0 Å². The standard InChI is InChI=1S/C16H21NO4/c1-5-21-16(19)14(10(2)3)17-9-11-6-7-12(20-4)8-13(11)15(17)18/h6-8,10,14H,5,9H2,1-4H3. The summed E-state index contributed by atoms with van der Waals surface area (Å²) in [6, 6.07) is 4.86. The molecule has 5 heteroatoms. The first kappa shape index (κ1) is 15.4. The van der Waals surface area contributed by atoms with E-state index in [9.17, 15) is 9.59 Å². The van der Waals surface area contributed by atoms with E-state index in [0.29, 0.717) is 24.5 Å².